The van der Waals surface area contributed by atoms with Gasteiger partial charge in [0.1, 0.15) is 0 Å². The van der Waals surface area contributed by atoms with E-state index in [1.54, 1.807) is 0 Å². The van der Waals surface area contributed by atoms with Crippen LogP contribution in [0, 0.1) is 0 Å². The molecule has 0 fully saturated rings. The molecule has 19 heteroatoms. The first-order valence-electron chi connectivity index (χ1n) is 7.00. The molecule has 0 aliphatic rings. The summed E-state index contributed by atoms with van der Waals surface area (Å²) in [5.74, 6) is -27.3. The molecule has 31 heavy (non-hydrogen) atoms. The number of carbonyl (C=O) groups is 2. The first kappa shape index (κ1) is 30.3. The number of hydrogen-bond acceptors (Lipinski definition) is 3. The highest BCUT2D eigenvalue weighted by Gasteiger charge is 2.78. The molecule has 2 atom stereocenters. The highest BCUT2D eigenvalue weighted by molar-refractivity contribution is 8.00. The van der Waals surface area contributed by atoms with Crippen LogP contribution in [0.1, 0.15) is 12.8 Å². The lowest BCUT2D eigenvalue weighted by Gasteiger charge is -2.38. The maximum atomic E-state index is 13.9. The van der Waals surface area contributed by atoms with Crippen molar-refractivity contribution in [2.45, 2.75) is 59.4 Å². The van der Waals surface area contributed by atoms with Crippen LogP contribution in [-0.2, 0) is 9.59 Å². The minimum absolute atomic E-state index is 1.72. The summed E-state index contributed by atoms with van der Waals surface area (Å²) in [6, 6.07) is 0. The fourth-order valence-electron chi connectivity index (χ4n) is 1.80. The van der Waals surface area contributed by atoms with Crippen LogP contribution in [0.25, 0.3) is 0 Å². The Morgan fingerprint density at radius 1 is 0.581 bits per heavy atom. The topological polar surface area (TPSA) is 34.1 Å². The fourth-order valence-corrected chi connectivity index (χ4v) is 3.82. The molecule has 0 aliphatic heterocycles. The average Bonchev–Trinajstić information content (AvgIpc) is 2.49. The van der Waals surface area contributed by atoms with E-state index < -0.39 is 81.6 Å². The normalized spacial score (nSPS) is 16.8. The van der Waals surface area contributed by atoms with Crippen LogP contribution in [0.4, 0.5) is 61.5 Å². The first-order chi connectivity index (χ1) is 13.3. The van der Waals surface area contributed by atoms with E-state index in [9.17, 15) is 71.1 Å². The van der Waals surface area contributed by atoms with E-state index >= 15 is 0 Å². The predicted octanol–water partition coefficient (Wildman–Crippen LogP) is 6.43. The molecule has 0 N–H and O–H groups in total. The van der Waals surface area contributed by atoms with Crippen LogP contribution in [-0.4, -0.2) is 57.0 Å². The summed E-state index contributed by atoms with van der Waals surface area (Å²) >= 11 is 7.45. The average molecular weight is 551 g/mol. The van der Waals surface area contributed by atoms with Crippen molar-refractivity contribution in [2.24, 2.45) is 0 Å². The Hall–Kier alpha value is -0.710. The van der Waals surface area contributed by atoms with Gasteiger partial charge in [-0.05, 0) is 23.2 Å². The lowest BCUT2D eigenvalue weighted by Crippen LogP contribution is -2.60. The SMILES string of the molecule is O=C(Cl)CC(SC(CC(=O)Cl)C(F)(F)C(F)(F)C(F)(F)F)C(F)(F)C(F)(F)C(F)(F)F. The van der Waals surface area contributed by atoms with Gasteiger partial charge in [0.2, 0.25) is 10.5 Å². The highest BCUT2D eigenvalue weighted by atomic mass is 35.5. The zero-order chi connectivity index (χ0) is 25.4. The van der Waals surface area contributed by atoms with Crippen molar-refractivity contribution in [3.05, 3.63) is 0 Å². The zero-order valence-electron chi connectivity index (χ0n) is 13.8. The second-order valence-corrected chi connectivity index (χ2v) is 7.88. The molecule has 2 unspecified atom stereocenters. The molecule has 0 saturated heterocycles. The highest BCUT2D eigenvalue weighted by Crippen LogP contribution is 2.56. The second kappa shape index (κ2) is 9.27. The van der Waals surface area contributed by atoms with Crippen LogP contribution >= 0.6 is 35.0 Å². The lowest BCUT2D eigenvalue weighted by atomic mass is 10.0. The van der Waals surface area contributed by atoms with Gasteiger partial charge < -0.3 is 0 Å². The molecule has 0 aliphatic carbocycles. The third-order valence-corrected chi connectivity index (χ3v) is 5.27. The summed E-state index contributed by atoms with van der Waals surface area (Å²) in [6.07, 6.45) is -18.8. The molecule has 0 heterocycles. The van der Waals surface area contributed by atoms with E-state index in [1.165, 1.54) is 0 Å². The number of halogens is 16. The Labute approximate surface area is 176 Å². The number of rotatable bonds is 10. The van der Waals surface area contributed by atoms with Gasteiger partial charge in [-0.3, -0.25) is 9.59 Å². The van der Waals surface area contributed by atoms with Crippen LogP contribution < -0.4 is 0 Å². The second-order valence-electron chi connectivity index (χ2n) is 5.62. The third kappa shape index (κ3) is 6.21. The van der Waals surface area contributed by atoms with E-state index in [4.69, 9.17) is 0 Å². The van der Waals surface area contributed by atoms with Crippen molar-refractivity contribution in [3.63, 3.8) is 0 Å². The van der Waals surface area contributed by atoms with Gasteiger partial charge in [0.25, 0.3) is 0 Å². The third-order valence-electron chi connectivity index (χ3n) is 3.38. The van der Waals surface area contributed by atoms with Gasteiger partial charge in [-0.15, -0.1) is 11.8 Å². The van der Waals surface area contributed by atoms with Crippen molar-refractivity contribution in [3.8, 4) is 0 Å². The molecule has 0 aromatic carbocycles. The van der Waals surface area contributed by atoms with Crippen molar-refractivity contribution in [1.82, 2.24) is 0 Å². The van der Waals surface area contributed by atoms with Crippen molar-refractivity contribution in [1.29, 1.82) is 0 Å². The Morgan fingerprint density at radius 3 is 0.968 bits per heavy atom. The van der Waals surface area contributed by atoms with Crippen LogP contribution in [0.3, 0.4) is 0 Å². The fraction of sp³-hybridized carbons (Fsp3) is 0.833. The number of hydrogen-bond donors (Lipinski definition) is 0. The predicted molar refractivity (Wildman–Crippen MR) is 78.0 cm³/mol. The molecule has 0 spiro atoms. The number of alkyl halides is 14. The van der Waals surface area contributed by atoms with Gasteiger partial charge in [-0.2, -0.15) is 61.5 Å². The molecule has 0 aromatic rings. The Balaban J connectivity index is 6.55. The van der Waals surface area contributed by atoms with Crippen LogP contribution in [0.15, 0.2) is 0 Å². The van der Waals surface area contributed by atoms with Gasteiger partial charge in [-0.25, -0.2) is 0 Å². The maximum Gasteiger partial charge on any atom is 0.459 e. The molecule has 184 valence electrons. The zero-order valence-corrected chi connectivity index (χ0v) is 16.2. The van der Waals surface area contributed by atoms with E-state index in [1.807, 2.05) is 0 Å². The molecule has 2 nitrogen and oxygen atoms in total. The maximum absolute atomic E-state index is 13.9. The minimum Gasteiger partial charge on any atom is -0.281 e. The largest absolute Gasteiger partial charge is 0.459 e. The standard InChI is InChI=1S/C12H6Cl2F14O2S/c13-5(29)1-3(7(15,16)9(19,20)11(23,24)25)31-4(2-6(14)30)8(17,18)10(21,22)12(26,27)28/h3-4H,1-2H2. The molecule has 0 amide bonds. The van der Waals surface area contributed by atoms with Gasteiger partial charge in [0, 0.05) is 12.8 Å². The molecular weight excluding hydrogens is 545 g/mol. The van der Waals surface area contributed by atoms with E-state index in [-0.39, 0.29) is 0 Å². The summed E-state index contributed by atoms with van der Waals surface area (Å²) in [4.78, 5) is 21.5. The van der Waals surface area contributed by atoms with E-state index in [0.29, 0.717) is 0 Å². The Kier molecular flexibility index (Phi) is 9.06. The summed E-state index contributed by atoms with van der Waals surface area (Å²) in [5.41, 5.74) is 0. The molecule has 0 saturated carbocycles. The summed E-state index contributed by atoms with van der Waals surface area (Å²) in [7, 11) is 0. The molecule has 0 bridgehead atoms. The molecule has 0 radical (unpaired) electrons. The molecule has 0 aromatic heterocycles. The lowest BCUT2D eigenvalue weighted by molar-refractivity contribution is -0.355. The van der Waals surface area contributed by atoms with Gasteiger partial charge in [0.15, 0.2) is 0 Å². The minimum atomic E-state index is -7.08. The van der Waals surface area contributed by atoms with Crippen LogP contribution in [0.2, 0.25) is 0 Å². The number of carbonyl (C=O) groups excluding carboxylic acids is 2. The summed E-state index contributed by atoms with van der Waals surface area (Å²) < 4.78 is 182. The van der Waals surface area contributed by atoms with E-state index in [2.05, 4.69) is 23.2 Å². The summed E-state index contributed by atoms with van der Waals surface area (Å²) in [5, 5.41) is -12.4. The Morgan fingerprint density at radius 2 is 0.806 bits per heavy atom. The van der Waals surface area contributed by atoms with Crippen molar-refractivity contribution < 1.29 is 71.1 Å². The van der Waals surface area contributed by atoms with Crippen LogP contribution in [0.5, 0.6) is 0 Å². The smallest absolute Gasteiger partial charge is 0.281 e. The van der Waals surface area contributed by atoms with Crippen molar-refractivity contribution in [2.75, 3.05) is 0 Å². The quantitative estimate of drug-likeness (QED) is 0.232. The van der Waals surface area contributed by atoms with E-state index in [0.717, 1.165) is 0 Å². The monoisotopic (exact) mass is 550 g/mol. The van der Waals surface area contributed by atoms with Gasteiger partial charge in [0.05, 0.1) is 10.5 Å². The summed E-state index contributed by atoms with van der Waals surface area (Å²) in [6.45, 7) is 0. The first-order valence-corrected chi connectivity index (χ1v) is 8.70. The number of thioether (sulfide) groups is 1. The Bertz CT molecular complexity index is 619. The molecule has 0 rings (SSSR count). The van der Waals surface area contributed by atoms with Gasteiger partial charge in [-0.1, -0.05) is 0 Å². The van der Waals surface area contributed by atoms with Gasteiger partial charge >= 0.3 is 36.0 Å². The molecular formula is C12H6Cl2F14O2S. The van der Waals surface area contributed by atoms with Crippen molar-refractivity contribution >= 4 is 45.4 Å².